The maximum atomic E-state index is 10.3. The zero-order valence-corrected chi connectivity index (χ0v) is 13.0. The van der Waals surface area contributed by atoms with Crippen molar-refractivity contribution in [3.8, 4) is 0 Å². The molecule has 0 saturated heterocycles. The van der Waals surface area contributed by atoms with Crippen LogP contribution in [0.15, 0.2) is 24.8 Å². The number of carboxylic acids is 1. The van der Waals surface area contributed by atoms with Crippen molar-refractivity contribution >= 4 is 5.97 Å². The lowest BCUT2D eigenvalue weighted by Gasteiger charge is -2.01. The summed E-state index contributed by atoms with van der Waals surface area (Å²) < 4.78 is 0. The second-order valence-electron chi connectivity index (χ2n) is 5.46. The Kier molecular flexibility index (Phi) is 15.2. The van der Waals surface area contributed by atoms with Gasteiger partial charge in [0.05, 0.1) is 0 Å². The van der Waals surface area contributed by atoms with Gasteiger partial charge >= 0.3 is 5.97 Å². The second-order valence-corrected chi connectivity index (χ2v) is 5.46. The monoisotopic (exact) mass is 280 g/mol. The molecular formula is C18H32O2. The summed E-state index contributed by atoms with van der Waals surface area (Å²) in [7, 11) is 0. The van der Waals surface area contributed by atoms with Crippen LogP contribution in [0.3, 0.4) is 0 Å². The van der Waals surface area contributed by atoms with E-state index in [9.17, 15) is 4.79 Å². The second kappa shape index (κ2) is 16.0. The third-order valence-electron chi connectivity index (χ3n) is 3.48. The van der Waals surface area contributed by atoms with Crippen molar-refractivity contribution in [3.05, 3.63) is 24.8 Å². The Balaban J connectivity index is 3.02. The van der Waals surface area contributed by atoms with Gasteiger partial charge in [-0.15, -0.1) is 6.58 Å². The largest absolute Gasteiger partial charge is 0.481 e. The van der Waals surface area contributed by atoms with E-state index >= 15 is 0 Å². The Labute approximate surface area is 125 Å². The molecule has 0 spiro atoms. The molecule has 2 nitrogen and oxygen atoms in total. The van der Waals surface area contributed by atoms with Gasteiger partial charge < -0.3 is 5.11 Å². The summed E-state index contributed by atoms with van der Waals surface area (Å²) in [4.78, 5) is 10.3. The van der Waals surface area contributed by atoms with Crippen molar-refractivity contribution in [2.75, 3.05) is 0 Å². The standard InChI is InChI=1S/C18H32O2/c1-2-3-4-5-6-7-8-9-10-11-12-13-14-15-16-17-18(19)20/h2,4-5H,1,3,6-17H2,(H,19,20). The van der Waals surface area contributed by atoms with E-state index in [0.29, 0.717) is 6.42 Å². The smallest absolute Gasteiger partial charge is 0.303 e. The van der Waals surface area contributed by atoms with E-state index in [4.69, 9.17) is 5.11 Å². The maximum Gasteiger partial charge on any atom is 0.303 e. The van der Waals surface area contributed by atoms with Gasteiger partial charge in [-0.25, -0.2) is 0 Å². The quantitative estimate of drug-likeness (QED) is 0.300. The number of hydrogen-bond acceptors (Lipinski definition) is 1. The number of hydrogen-bond donors (Lipinski definition) is 1. The molecule has 0 fully saturated rings. The summed E-state index contributed by atoms with van der Waals surface area (Å²) >= 11 is 0. The molecule has 0 rings (SSSR count). The maximum absolute atomic E-state index is 10.3. The molecule has 0 atom stereocenters. The van der Waals surface area contributed by atoms with Gasteiger partial charge in [-0.2, -0.15) is 0 Å². The number of allylic oxidation sites excluding steroid dienone is 3. The Morgan fingerprint density at radius 2 is 1.30 bits per heavy atom. The molecule has 0 aliphatic heterocycles. The van der Waals surface area contributed by atoms with E-state index < -0.39 is 5.97 Å². The lowest BCUT2D eigenvalue weighted by atomic mass is 10.1. The molecule has 0 aromatic rings. The van der Waals surface area contributed by atoms with Crippen LogP contribution in [0.4, 0.5) is 0 Å². The predicted octanol–water partition coefficient (Wildman–Crippen LogP) is 5.88. The molecule has 20 heavy (non-hydrogen) atoms. The Bertz CT molecular complexity index is 256. The normalized spacial score (nSPS) is 11.0. The van der Waals surface area contributed by atoms with Crippen LogP contribution in [-0.2, 0) is 4.79 Å². The van der Waals surface area contributed by atoms with Gasteiger partial charge in [0.2, 0.25) is 0 Å². The van der Waals surface area contributed by atoms with E-state index in [1.54, 1.807) is 0 Å². The third kappa shape index (κ3) is 16.9. The first-order chi connectivity index (χ1) is 9.77. The average Bonchev–Trinajstić information content (AvgIpc) is 2.43. The van der Waals surface area contributed by atoms with Gasteiger partial charge in [-0.3, -0.25) is 4.79 Å². The van der Waals surface area contributed by atoms with Gasteiger partial charge in [0.1, 0.15) is 0 Å². The summed E-state index contributed by atoms with van der Waals surface area (Å²) in [6.45, 7) is 3.69. The van der Waals surface area contributed by atoms with Crippen molar-refractivity contribution in [1.29, 1.82) is 0 Å². The third-order valence-corrected chi connectivity index (χ3v) is 3.48. The summed E-state index contributed by atoms with van der Waals surface area (Å²) in [5.41, 5.74) is 0. The Morgan fingerprint density at radius 3 is 1.80 bits per heavy atom. The molecule has 0 aromatic carbocycles. The lowest BCUT2D eigenvalue weighted by Crippen LogP contribution is -1.93. The lowest BCUT2D eigenvalue weighted by molar-refractivity contribution is -0.137. The van der Waals surface area contributed by atoms with E-state index in [1.165, 1.54) is 57.8 Å². The summed E-state index contributed by atoms with van der Waals surface area (Å²) in [6.07, 6.45) is 21.3. The highest BCUT2D eigenvalue weighted by Gasteiger charge is 1.96. The molecule has 0 radical (unpaired) electrons. The zero-order chi connectivity index (χ0) is 14.9. The van der Waals surface area contributed by atoms with Crippen molar-refractivity contribution in [3.63, 3.8) is 0 Å². The van der Waals surface area contributed by atoms with Gasteiger partial charge in [-0.05, 0) is 25.7 Å². The van der Waals surface area contributed by atoms with Crippen molar-refractivity contribution in [1.82, 2.24) is 0 Å². The Morgan fingerprint density at radius 1 is 0.800 bits per heavy atom. The topological polar surface area (TPSA) is 37.3 Å². The highest BCUT2D eigenvalue weighted by molar-refractivity contribution is 5.66. The highest BCUT2D eigenvalue weighted by Crippen LogP contribution is 2.12. The van der Waals surface area contributed by atoms with Gasteiger partial charge in [0, 0.05) is 6.42 Å². The molecule has 0 amide bonds. The van der Waals surface area contributed by atoms with Crippen molar-refractivity contribution < 1.29 is 9.90 Å². The molecule has 0 aromatic heterocycles. The number of unbranched alkanes of at least 4 members (excludes halogenated alkanes) is 10. The molecule has 1 N–H and O–H groups in total. The van der Waals surface area contributed by atoms with Gasteiger partial charge in [0.25, 0.3) is 0 Å². The molecule has 0 aliphatic rings. The van der Waals surface area contributed by atoms with Crippen LogP contribution in [0.5, 0.6) is 0 Å². The zero-order valence-electron chi connectivity index (χ0n) is 13.0. The average molecular weight is 280 g/mol. The van der Waals surface area contributed by atoms with E-state index in [-0.39, 0.29) is 0 Å². The molecule has 116 valence electrons. The van der Waals surface area contributed by atoms with Crippen LogP contribution in [0.2, 0.25) is 0 Å². The summed E-state index contributed by atoms with van der Waals surface area (Å²) in [5.74, 6) is -0.663. The minimum absolute atomic E-state index is 0.335. The Hall–Kier alpha value is -1.05. The predicted molar refractivity (Wildman–Crippen MR) is 87.0 cm³/mol. The van der Waals surface area contributed by atoms with E-state index in [2.05, 4.69) is 18.7 Å². The fraction of sp³-hybridized carbons (Fsp3) is 0.722. The number of carbonyl (C=O) groups is 1. The minimum Gasteiger partial charge on any atom is -0.481 e. The molecule has 0 saturated carbocycles. The van der Waals surface area contributed by atoms with E-state index in [0.717, 1.165) is 19.3 Å². The summed E-state index contributed by atoms with van der Waals surface area (Å²) in [5, 5.41) is 8.51. The first kappa shape index (κ1) is 18.9. The van der Waals surface area contributed by atoms with Crippen LogP contribution in [0, 0.1) is 0 Å². The number of rotatable bonds is 15. The van der Waals surface area contributed by atoms with Crippen molar-refractivity contribution in [2.24, 2.45) is 0 Å². The molecule has 2 heteroatoms. The fourth-order valence-electron chi connectivity index (χ4n) is 2.26. The van der Waals surface area contributed by atoms with E-state index in [1.807, 2.05) is 6.08 Å². The minimum atomic E-state index is -0.663. The fourth-order valence-corrected chi connectivity index (χ4v) is 2.26. The molecule has 0 bridgehead atoms. The van der Waals surface area contributed by atoms with Gasteiger partial charge in [-0.1, -0.05) is 69.6 Å². The first-order valence-electron chi connectivity index (χ1n) is 8.25. The SMILES string of the molecule is C=CCC=CCCCCCCCCCCCCC(=O)O. The number of aliphatic carboxylic acids is 1. The van der Waals surface area contributed by atoms with Crippen LogP contribution in [0.1, 0.15) is 83.5 Å². The van der Waals surface area contributed by atoms with Crippen LogP contribution >= 0.6 is 0 Å². The molecule has 0 unspecified atom stereocenters. The van der Waals surface area contributed by atoms with Crippen LogP contribution < -0.4 is 0 Å². The summed E-state index contributed by atoms with van der Waals surface area (Å²) in [6, 6.07) is 0. The van der Waals surface area contributed by atoms with Crippen LogP contribution in [0.25, 0.3) is 0 Å². The highest BCUT2D eigenvalue weighted by atomic mass is 16.4. The van der Waals surface area contributed by atoms with Gasteiger partial charge in [0.15, 0.2) is 0 Å². The first-order valence-corrected chi connectivity index (χ1v) is 8.25. The molecule has 0 heterocycles. The molecule has 0 aliphatic carbocycles. The number of carboxylic acid groups (broad SMARTS) is 1. The van der Waals surface area contributed by atoms with Crippen molar-refractivity contribution in [2.45, 2.75) is 83.5 Å². The molecular weight excluding hydrogens is 248 g/mol. The van der Waals surface area contributed by atoms with Crippen LogP contribution in [-0.4, -0.2) is 11.1 Å².